The molecule has 1 aromatic carbocycles. The molecule has 0 aliphatic heterocycles. The summed E-state index contributed by atoms with van der Waals surface area (Å²) < 4.78 is 40.7. The van der Waals surface area contributed by atoms with Gasteiger partial charge in [-0.05, 0) is 42.2 Å². The Kier molecular flexibility index (Phi) is 5.34. The van der Waals surface area contributed by atoms with Crippen molar-refractivity contribution < 1.29 is 36.6 Å². The SMILES string of the molecule is COC(=O)[C@@H]1[C@H]2C=C[C@@H]([C@@H]1C(=O)OC)[C@@H]1[C@@H]2C[C@@H]1OS(=O)(=O)c1ccc([N+](=O)[O-])cc1. The van der Waals surface area contributed by atoms with Gasteiger partial charge in [-0.15, -0.1) is 0 Å². The summed E-state index contributed by atoms with van der Waals surface area (Å²) >= 11 is 0. The molecule has 2 fully saturated rings. The number of nitro benzene ring substituents is 1. The van der Waals surface area contributed by atoms with Gasteiger partial charge in [0.2, 0.25) is 0 Å². The van der Waals surface area contributed by atoms with Gasteiger partial charge in [-0.3, -0.25) is 23.9 Å². The number of methoxy groups -OCH3 is 2. The van der Waals surface area contributed by atoms with Crippen LogP contribution in [0.5, 0.6) is 0 Å². The minimum absolute atomic E-state index is 0.0166. The number of hydrogen-bond acceptors (Lipinski definition) is 9. The van der Waals surface area contributed by atoms with E-state index in [2.05, 4.69) is 0 Å². The lowest BCUT2D eigenvalue weighted by atomic mass is 9.45. The normalized spacial score (nSPS) is 33.2. The number of rotatable bonds is 6. The second-order valence-corrected chi connectivity index (χ2v) is 9.53. The number of allylic oxidation sites excluding steroid dienone is 2. The summed E-state index contributed by atoms with van der Waals surface area (Å²) in [6.07, 6.45) is 3.46. The number of esters is 2. The molecule has 0 saturated heterocycles. The predicted octanol–water partition coefficient (Wildman–Crippen LogP) is 1.70. The van der Waals surface area contributed by atoms with E-state index in [9.17, 15) is 28.1 Å². The Bertz CT molecular complexity index is 1050. The van der Waals surface area contributed by atoms with Crippen LogP contribution >= 0.6 is 0 Å². The van der Waals surface area contributed by atoms with Gasteiger partial charge in [-0.2, -0.15) is 8.42 Å². The van der Waals surface area contributed by atoms with Gasteiger partial charge in [-0.25, -0.2) is 0 Å². The zero-order valence-electron chi connectivity index (χ0n) is 16.7. The average molecular weight is 451 g/mol. The smallest absolute Gasteiger partial charge is 0.310 e. The Labute approximate surface area is 178 Å². The van der Waals surface area contributed by atoms with Crippen LogP contribution in [0.15, 0.2) is 41.3 Å². The first-order chi connectivity index (χ1) is 14.7. The lowest BCUT2D eigenvalue weighted by Crippen LogP contribution is -2.63. The molecule has 4 aliphatic carbocycles. The number of hydrogen-bond donors (Lipinski definition) is 0. The van der Waals surface area contributed by atoms with Crippen molar-refractivity contribution in [1.29, 1.82) is 0 Å². The van der Waals surface area contributed by atoms with E-state index in [4.69, 9.17) is 13.7 Å². The topological polar surface area (TPSA) is 139 Å². The molecule has 0 N–H and O–H groups in total. The molecule has 10 nitrogen and oxygen atoms in total. The van der Waals surface area contributed by atoms with Crippen molar-refractivity contribution in [3.63, 3.8) is 0 Å². The third kappa shape index (κ3) is 3.41. The van der Waals surface area contributed by atoms with E-state index in [0.29, 0.717) is 6.42 Å². The maximum Gasteiger partial charge on any atom is 0.310 e. The highest BCUT2D eigenvalue weighted by atomic mass is 32.2. The monoisotopic (exact) mass is 451 g/mol. The summed E-state index contributed by atoms with van der Waals surface area (Å²) in [7, 11) is -1.65. The first-order valence-electron chi connectivity index (χ1n) is 9.71. The summed E-state index contributed by atoms with van der Waals surface area (Å²) in [6, 6.07) is 4.45. The van der Waals surface area contributed by atoms with Gasteiger partial charge >= 0.3 is 11.9 Å². The number of non-ortho nitro benzene ring substituents is 1. The third-order valence-electron chi connectivity index (χ3n) is 6.67. The van der Waals surface area contributed by atoms with Crippen molar-refractivity contribution in [2.75, 3.05) is 14.2 Å². The molecule has 11 heteroatoms. The lowest BCUT2D eigenvalue weighted by Gasteiger charge is -2.59. The van der Waals surface area contributed by atoms with Gasteiger partial charge in [0.25, 0.3) is 15.8 Å². The van der Waals surface area contributed by atoms with E-state index in [1.165, 1.54) is 14.2 Å². The number of ether oxygens (including phenoxy) is 2. The van der Waals surface area contributed by atoms with Gasteiger partial charge in [0.1, 0.15) is 0 Å². The Morgan fingerprint density at radius 2 is 1.55 bits per heavy atom. The molecular weight excluding hydrogens is 430 g/mol. The van der Waals surface area contributed by atoms with E-state index >= 15 is 0 Å². The lowest BCUT2D eigenvalue weighted by molar-refractivity contribution is -0.384. The van der Waals surface area contributed by atoms with Crippen LogP contribution in [-0.4, -0.2) is 45.6 Å². The Morgan fingerprint density at radius 3 is 2.10 bits per heavy atom. The van der Waals surface area contributed by atoms with Crippen LogP contribution in [0.1, 0.15) is 6.42 Å². The van der Waals surface area contributed by atoms with Crippen LogP contribution in [0.25, 0.3) is 0 Å². The second-order valence-electron chi connectivity index (χ2n) is 7.95. The molecule has 0 unspecified atom stereocenters. The standard InChI is InChI=1S/C20H21NO9S/c1-28-19(22)17-12-7-8-13(18(17)20(23)29-2)16-14(12)9-15(16)30-31(26,27)11-5-3-10(4-6-11)21(24)25/h3-8,12-18H,9H2,1-2H3/t12-,13+,14+,15-,16+,17+,18-/m0/s1. The van der Waals surface area contributed by atoms with Crippen LogP contribution in [0.2, 0.25) is 0 Å². The number of carbonyl (C=O) groups is 2. The third-order valence-corrected chi connectivity index (χ3v) is 8.02. The molecule has 166 valence electrons. The highest BCUT2D eigenvalue weighted by Crippen LogP contribution is 2.61. The summed E-state index contributed by atoms with van der Waals surface area (Å²) in [5.41, 5.74) is -0.229. The maximum absolute atomic E-state index is 12.7. The first kappa shape index (κ1) is 21.4. The van der Waals surface area contributed by atoms with Crippen molar-refractivity contribution in [3.8, 4) is 0 Å². The minimum Gasteiger partial charge on any atom is -0.469 e. The number of carbonyl (C=O) groups excluding carboxylic acids is 2. The molecule has 0 heterocycles. The molecule has 2 bridgehead atoms. The van der Waals surface area contributed by atoms with Crippen LogP contribution in [-0.2, 0) is 33.4 Å². The molecule has 0 aromatic heterocycles. The average Bonchev–Trinajstić information content (AvgIpc) is 2.75. The highest BCUT2D eigenvalue weighted by molar-refractivity contribution is 7.86. The van der Waals surface area contributed by atoms with Gasteiger partial charge in [0.05, 0.1) is 42.0 Å². The van der Waals surface area contributed by atoms with Crippen LogP contribution in [0, 0.1) is 45.6 Å². The van der Waals surface area contributed by atoms with Crippen LogP contribution < -0.4 is 0 Å². The quantitative estimate of drug-likeness (QED) is 0.208. The molecular formula is C20H21NO9S. The van der Waals surface area contributed by atoms with Gasteiger partial charge in [-0.1, -0.05) is 12.2 Å². The van der Waals surface area contributed by atoms with Crippen molar-refractivity contribution in [2.24, 2.45) is 35.5 Å². The summed E-state index contributed by atoms with van der Waals surface area (Å²) in [6.45, 7) is 0. The zero-order valence-corrected chi connectivity index (χ0v) is 17.6. The number of fused-ring (bicyclic) bond motifs is 1. The molecule has 0 amide bonds. The Balaban J connectivity index is 1.57. The largest absolute Gasteiger partial charge is 0.469 e. The van der Waals surface area contributed by atoms with Crippen LogP contribution in [0.3, 0.4) is 0 Å². The summed E-state index contributed by atoms with van der Waals surface area (Å²) in [5, 5.41) is 10.8. The first-order valence-corrected chi connectivity index (χ1v) is 11.1. The maximum atomic E-state index is 12.7. The molecule has 31 heavy (non-hydrogen) atoms. The molecule has 1 aromatic rings. The van der Waals surface area contributed by atoms with Crippen LogP contribution in [0.4, 0.5) is 5.69 Å². The fourth-order valence-corrected chi connectivity index (χ4v) is 6.41. The number of benzene rings is 1. The zero-order chi connectivity index (χ0) is 22.5. The molecule has 5 rings (SSSR count). The minimum atomic E-state index is -4.16. The second kappa shape index (κ2) is 7.72. The molecule has 0 spiro atoms. The molecule has 7 atom stereocenters. The predicted molar refractivity (Wildman–Crippen MR) is 104 cm³/mol. The molecule has 0 radical (unpaired) electrons. The molecule has 4 aliphatic rings. The highest BCUT2D eigenvalue weighted by Gasteiger charge is 2.64. The van der Waals surface area contributed by atoms with Gasteiger partial charge < -0.3 is 9.47 Å². The van der Waals surface area contributed by atoms with Gasteiger partial charge in [0.15, 0.2) is 0 Å². The Morgan fingerprint density at radius 1 is 1.00 bits per heavy atom. The van der Waals surface area contributed by atoms with E-state index in [-0.39, 0.29) is 28.3 Å². The Hall–Kier alpha value is -2.79. The van der Waals surface area contributed by atoms with Crippen molar-refractivity contribution in [3.05, 3.63) is 46.5 Å². The van der Waals surface area contributed by atoms with Crippen molar-refractivity contribution in [2.45, 2.75) is 17.4 Å². The van der Waals surface area contributed by atoms with E-state index < -0.39 is 50.8 Å². The summed E-state index contributed by atoms with van der Waals surface area (Å²) in [5.74, 6) is -3.47. The van der Waals surface area contributed by atoms with E-state index in [0.717, 1.165) is 24.3 Å². The molecule has 2 saturated carbocycles. The summed E-state index contributed by atoms with van der Waals surface area (Å²) in [4.78, 5) is 34.9. The van der Waals surface area contributed by atoms with Gasteiger partial charge in [0, 0.05) is 12.1 Å². The number of nitro groups is 1. The van der Waals surface area contributed by atoms with E-state index in [1.54, 1.807) is 0 Å². The van der Waals surface area contributed by atoms with Crippen molar-refractivity contribution >= 4 is 27.7 Å². The number of nitrogens with zero attached hydrogens (tertiary/aromatic N) is 1. The fourth-order valence-electron chi connectivity index (χ4n) is 5.30. The van der Waals surface area contributed by atoms with Crippen molar-refractivity contribution in [1.82, 2.24) is 0 Å². The van der Waals surface area contributed by atoms with E-state index in [1.807, 2.05) is 12.2 Å². The fraction of sp³-hybridized carbons (Fsp3) is 0.500.